The first-order valence-corrected chi connectivity index (χ1v) is 11.8. The summed E-state index contributed by atoms with van der Waals surface area (Å²) < 4.78 is 5.62. The normalized spacial score (nSPS) is 30.8. The van der Waals surface area contributed by atoms with Crippen LogP contribution >= 0.6 is 0 Å². The van der Waals surface area contributed by atoms with Crippen LogP contribution in [-0.2, 0) is 9.53 Å². The van der Waals surface area contributed by atoms with Crippen molar-refractivity contribution >= 4 is 5.91 Å². The SMILES string of the molecule is COCC1(CN[C@@H]2C[C@@H]2c2ccccc2)CCN(C(=O)C2CCC(CO)CC2)CC1. The minimum absolute atomic E-state index is 0.129. The van der Waals surface area contributed by atoms with E-state index in [1.165, 1.54) is 12.0 Å². The molecule has 1 heterocycles. The minimum Gasteiger partial charge on any atom is -0.396 e. The van der Waals surface area contributed by atoms with Gasteiger partial charge in [0.15, 0.2) is 0 Å². The minimum atomic E-state index is 0.129. The molecule has 0 radical (unpaired) electrons. The van der Waals surface area contributed by atoms with Crippen molar-refractivity contribution in [1.29, 1.82) is 0 Å². The van der Waals surface area contributed by atoms with Crippen LogP contribution in [0.15, 0.2) is 30.3 Å². The Morgan fingerprint density at radius 2 is 1.87 bits per heavy atom. The second-order valence-electron chi connectivity index (χ2n) is 9.90. The number of methoxy groups -OCH3 is 1. The van der Waals surface area contributed by atoms with Gasteiger partial charge in [0.1, 0.15) is 0 Å². The van der Waals surface area contributed by atoms with Gasteiger partial charge in [0.25, 0.3) is 0 Å². The van der Waals surface area contributed by atoms with Crippen molar-refractivity contribution in [2.45, 2.75) is 56.9 Å². The van der Waals surface area contributed by atoms with E-state index in [9.17, 15) is 9.90 Å². The maximum Gasteiger partial charge on any atom is 0.225 e. The van der Waals surface area contributed by atoms with E-state index >= 15 is 0 Å². The standard InChI is InChI=1S/C25H38N2O3/c1-30-18-25(17-26-23-15-22(23)20-5-3-2-4-6-20)11-13-27(14-12-25)24(29)21-9-7-19(16-28)8-10-21/h2-6,19,21-23,26,28H,7-18H2,1H3/t19?,21?,22-,23-/m1/s1. The van der Waals surface area contributed by atoms with Crippen molar-refractivity contribution in [3.63, 3.8) is 0 Å². The zero-order valence-corrected chi connectivity index (χ0v) is 18.4. The van der Waals surface area contributed by atoms with Crippen LogP contribution in [0.25, 0.3) is 0 Å². The van der Waals surface area contributed by atoms with Gasteiger partial charge in [0, 0.05) is 56.6 Å². The molecule has 3 fully saturated rings. The highest BCUT2D eigenvalue weighted by atomic mass is 16.5. The lowest BCUT2D eigenvalue weighted by molar-refractivity contribution is -0.140. The topological polar surface area (TPSA) is 61.8 Å². The molecule has 5 heteroatoms. The highest BCUT2D eigenvalue weighted by molar-refractivity contribution is 5.79. The molecule has 1 aliphatic heterocycles. The lowest BCUT2D eigenvalue weighted by Crippen LogP contribution is -2.50. The molecule has 30 heavy (non-hydrogen) atoms. The third kappa shape index (κ3) is 5.06. The first kappa shape index (κ1) is 21.8. The summed E-state index contributed by atoms with van der Waals surface area (Å²) in [6, 6.07) is 11.4. The van der Waals surface area contributed by atoms with Crippen LogP contribution in [-0.4, -0.2) is 61.9 Å². The van der Waals surface area contributed by atoms with E-state index in [1.54, 1.807) is 7.11 Å². The van der Waals surface area contributed by atoms with Crippen LogP contribution in [0.1, 0.15) is 56.4 Å². The molecule has 0 aromatic heterocycles. The summed E-state index contributed by atoms with van der Waals surface area (Å²) >= 11 is 0. The number of nitrogens with zero attached hydrogens (tertiary/aromatic N) is 1. The molecular weight excluding hydrogens is 376 g/mol. The fourth-order valence-electron chi connectivity index (χ4n) is 5.57. The van der Waals surface area contributed by atoms with E-state index < -0.39 is 0 Å². The highest BCUT2D eigenvalue weighted by Gasteiger charge is 2.42. The Morgan fingerprint density at radius 1 is 1.17 bits per heavy atom. The van der Waals surface area contributed by atoms with Crippen molar-refractivity contribution in [1.82, 2.24) is 10.2 Å². The van der Waals surface area contributed by atoms with Crippen molar-refractivity contribution < 1.29 is 14.6 Å². The zero-order chi connectivity index (χ0) is 21.0. The molecule has 1 aromatic carbocycles. The van der Waals surface area contributed by atoms with Crippen LogP contribution in [0.4, 0.5) is 0 Å². The summed E-state index contributed by atoms with van der Waals surface area (Å²) in [4.78, 5) is 15.1. The summed E-state index contributed by atoms with van der Waals surface area (Å²) in [5, 5.41) is 13.1. The molecule has 0 unspecified atom stereocenters. The van der Waals surface area contributed by atoms with Crippen molar-refractivity contribution in [2.75, 3.05) is 40.0 Å². The summed E-state index contributed by atoms with van der Waals surface area (Å²) in [7, 11) is 1.79. The van der Waals surface area contributed by atoms with Crippen LogP contribution in [0.5, 0.6) is 0 Å². The highest BCUT2D eigenvalue weighted by Crippen LogP contribution is 2.42. The van der Waals surface area contributed by atoms with E-state index in [-0.39, 0.29) is 17.9 Å². The maximum absolute atomic E-state index is 13.0. The van der Waals surface area contributed by atoms with Gasteiger partial charge in [-0.05, 0) is 56.4 Å². The quantitative estimate of drug-likeness (QED) is 0.686. The monoisotopic (exact) mass is 414 g/mol. The van der Waals surface area contributed by atoms with Crippen LogP contribution in [0, 0.1) is 17.3 Å². The average Bonchev–Trinajstić information content (AvgIpc) is 3.59. The van der Waals surface area contributed by atoms with E-state index in [1.807, 2.05) is 0 Å². The number of rotatable bonds is 8. The van der Waals surface area contributed by atoms with E-state index in [0.717, 1.165) is 64.8 Å². The van der Waals surface area contributed by atoms with Gasteiger partial charge in [0.2, 0.25) is 5.91 Å². The Balaban J connectivity index is 1.26. The Labute approximate surface area is 181 Å². The third-order valence-electron chi connectivity index (χ3n) is 7.80. The average molecular weight is 415 g/mol. The number of piperidine rings is 1. The van der Waals surface area contributed by atoms with Gasteiger partial charge in [-0.15, -0.1) is 0 Å². The fraction of sp³-hybridized carbons (Fsp3) is 0.720. The summed E-state index contributed by atoms with van der Waals surface area (Å²) in [5.74, 6) is 1.55. The van der Waals surface area contributed by atoms with Gasteiger partial charge in [-0.1, -0.05) is 30.3 Å². The molecule has 1 saturated heterocycles. The molecule has 1 amide bonds. The van der Waals surface area contributed by atoms with E-state index in [0.29, 0.717) is 23.8 Å². The Kier molecular flexibility index (Phi) is 7.12. The molecule has 166 valence electrons. The number of hydrogen-bond donors (Lipinski definition) is 2. The molecule has 5 nitrogen and oxygen atoms in total. The number of aliphatic hydroxyl groups is 1. The molecule has 1 aromatic rings. The van der Waals surface area contributed by atoms with Gasteiger partial charge in [0.05, 0.1) is 6.61 Å². The second-order valence-corrected chi connectivity index (χ2v) is 9.90. The molecule has 2 aliphatic carbocycles. The molecule has 2 N–H and O–H groups in total. The number of carbonyl (C=O) groups excluding carboxylic acids is 1. The van der Waals surface area contributed by atoms with Crippen molar-refractivity contribution in [3.05, 3.63) is 35.9 Å². The van der Waals surface area contributed by atoms with Gasteiger partial charge in [-0.25, -0.2) is 0 Å². The zero-order valence-electron chi connectivity index (χ0n) is 18.4. The number of amides is 1. The van der Waals surface area contributed by atoms with Crippen molar-refractivity contribution in [2.24, 2.45) is 17.3 Å². The van der Waals surface area contributed by atoms with Gasteiger partial charge in [-0.2, -0.15) is 0 Å². The predicted octanol–water partition coefficient (Wildman–Crippen LogP) is 3.19. The Hall–Kier alpha value is -1.43. The fourth-order valence-corrected chi connectivity index (χ4v) is 5.57. The number of aliphatic hydroxyl groups excluding tert-OH is 1. The van der Waals surface area contributed by atoms with Gasteiger partial charge in [-0.3, -0.25) is 4.79 Å². The number of ether oxygens (including phenoxy) is 1. The number of carbonyl (C=O) groups is 1. The molecule has 0 spiro atoms. The summed E-state index contributed by atoms with van der Waals surface area (Å²) in [6.45, 7) is 3.68. The number of nitrogens with one attached hydrogen (secondary N) is 1. The van der Waals surface area contributed by atoms with Crippen LogP contribution in [0.3, 0.4) is 0 Å². The lowest BCUT2D eigenvalue weighted by Gasteiger charge is -2.43. The Morgan fingerprint density at radius 3 is 2.50 bits per heavy atom. The Bertz CT molecular complexity index is 679. The number of likely N-dealkylation sites (tertiary alicyclic amines) is 1. The van der Waals surface area contributed by atoms with E-state index in [4.69, 9.17) is 4.74 Å². The van der Waals surface area contributed by atoms with Gasteiger partial charge < -0.3 is 20.1 Å². The first-order valence-electron chi connectivity index (χ1n) is 11.8. The molecule has 2 atom stereocenters. The molecular formula is C25H38N2O3. The number of benzene rings is 1. The van der Waals surface area contributed by atoms with Crippen LogP contribution in [0.2, 0.25) is 0 Å². The summed E-state index contributed by atoms with van der Waals surface area (Å²) in [6.07, 6.45) is 7.09. The van der Waals surface area contributed by atoms with Crippen molar-refractivity contribution in [3.8, 4) is 0 Å². The molecule has 4 rings (SSSR count). The third-order valence-corrected chi connectivity index (χ3v) is 7.80. The predicted molar refractivity (Wildman–Crippen MR) is 118 cm³/mol. The smallest absolute Gasteiger partial charge is 0.225 e. The van der Waals surface area contributed by atoms with Gasteiger partial charge >= 0.3 is 0 Å². The maximum atomic E-state index is 13.0. The first-order chi connectivity index (χ1) is 14.6. The van der Waals surface area contributed by atoms with Crippen LogP contribution < -0.4 is 5.32 Å². The molecule has 0 bridgehead atoms. The molecule has 3 aliphatic rings. The lowest BCUT2D eigenvalue weighted by atomic mass is 9.77. The van der Waals surface area contributed by atoms with E-state index in [2.05, 4.69) is 40.5 Å². The second kappa shape index (κ2) is 9.80. The number of hydrogen-bond acceptors (Lipinski definition) is 4. The summed E-state index contributed by atoms with van der Waals surface area (Å²) in [5.41, 5.74) is 1.57. The molecule has 2 saturated carbocycles. The largest absolute Gasteiger partial charge is 0.396 e.